The Labute approximate surface area is 171 Å². The zero-order valence-electron chi connectivity index (χ0n) is 16.6. The summed E-state index contributed by atoms with van der Waals surface area (Å²) in [6.07, 6.45) is -2.41. The number of hydrogen-bond donors (Lipinski definition) is 8. The van der Waals surface area contributed by atoms with Crippen LogP contribution in [0.5, 0.6) is 0 Å². The number of nitrogens with two attached hydrogens (primary N) is 3. The van der Waals surface area contributed by atoms with Crippen LogP contribution < -0.4 is 33.2 Å². The minimum absolute atomic E-state index is 0.249. The van der Waals surface area contributed by atoms with Crippen LogP contribution >= 0.6 is 0 Å². The molecule has 0 aliphatic heterocycles. The van der Waals surface area contributed by atoms with Crippen molar-refractivity contribution in [1.29, 1.82) is 0 Å². The third kappa shape index (κ3) is 9.79. The van der Waals surface area contributed by atoms with Crippen LogP contribution in [0.3, 0.4) is 0 Å². The predicted octanol–water partition coefficient (Wildman–Crippen LogP) is -4.61. The molecule has 14 nitrogen and oxygen atoms in total. The van der Waals surface area contributed by atoms with Gasteiger partial charge in [-0.25, -0.2) is 4.79 Å². The topological polar surface area (TPSA) is 257 Å². The summed E-state index contributed by atoms with van der Waals surface area (Å²) in [5.41, 5.74) is 15.4. The lowest BCUT2D eigenvalue weighted by molar-refractivity contribution is -0.142. The minimum atomic E-state index is -1.52. The second kappa shape index (κ2) is 12.3. The molecule has 0 aromatic carbocycles. The Morgan fingerprint density at radius 1 is 0.867 bits per heavy atom. The van der Waals surface area contributed by atoms with Crippen molar-refractivity contribution in [3.8, 4) is 0 Å². The molecule has 0 aromatic heterocycles. The average molecular weight is 432 g/mol. The van der Waals surface area contributed by atoms with Gasteiger partial charge in [0.25, 0.3) is 0 Å². The molecule has 14 heteroatoms. The van der Waals surface area contributed by atoms with E-state index >= 15 is 0 Å². The maximum atomic E-state index is 12.3. The van der Waals surface area contributed by atoms with Gasteiger partial charge in [0.15, 0.2) is 0 Å². The number of amides is 5. The number of nitrogens with one attached hydrogen (secondary N) is 3. The SMILES string of the molecule is CC(NC(=O)C(NC(=O)C(N)CC(N)=O)C(C)O)C(=O)NC(CCC(N)=O)C(=O)O. The second-order valence-corrected chi connectivity index (χ2v) is 6.64. The third-order valence-corrected chi connectivity index (χ3v) is 3.87. The Bertz CT molecular complexity index is 683. The predicted molar refractivity (Wildman–Crippen MR) is 101 cm³/mol. The Balaban J connectivity index is 4.99. The smallest absolute Gasteiger partial charge is 0.326 e. The molecule has 5 atom stereocenters. The molecule has 0 bridgehead atoms. The van der Waals surface area contributed by atoms with Crippen molar-refractivity contribution in [2.75, 3.05) is 0 Å². The molecule has 0 rings (SSSR count). The number of aliphatic hydroxyl groups excluding tert-OH is 1. The Kier molecular flexibility index (Phi) is 11.0. The molecular formula is C16H28N6O8. The van der Waals surface area contributed by atoms with Crippen LogP contribution in [-0.4, -0.2) is 76.0 Å². The number of carbonyl (C=O) groups excluding carboxylic acids is 5. The summed E-state index contributed by atoms with van der Waals surface area (Å²) in [5, 5.41) is 25.4. The molecule has 0 saturated heterocycles. The summed E-state index contributed by atoms with van der Waals surface area (Å²) in [4.78, 5) is 69.2. The number of hydrogen-bond acceptors (Lipinski definition) is 8. The Morgan fingerprint density at radius 3 is 1.87 bits per heavy atom. The first kappa shape index (κ1) is 26.7. The van der Waals surface area contributed by atoms with E-state index in [2.05, 4.69) is 16.0 Å². The highest BCUT2D eigenvalue weighted by molar-refractivity contribution is 5.95. The first-order chi connectivity index (χ1) is 13.8. The molecular weight excluding hydrogens is 404 g/mol. The van der Waals surface area contributed by atoms with Gasteiger partial charge in [0.2, 0.25) is 29.5 Å². The van der Waals surface area contributed by atoms with E-state index in [1.54, 1.807) is 0 Å². The number of carboxylic acids is 1. The van der Waals surface area contributed by atoms with E-state index in [1.807, 2.05) is 0 Å². The van der Waals surface area contributed by atoms with E-state index < -0.39 is 72.2 Å². The molecule has 5 amide bonds. The van der Waals surface area contributed by atoms with E-state index in [9.17, 15) is 33.9 Å². The van der Waals surface area contributed by atoms with Crippen molar-refractivity contribution in [2.24, 2.45) is 17.2 Å². The largest absolute Gasteiger partial charge is 0.480 e. The van der Waals surface area contributed by atoms with Gasteiger partial charge < -0.3 is 43.4 Å². The average Bonchev–Trinajstić information content (AvgIpc) is 2.60. The summed E-state index contributed by atoms with van der Waals surface area (Å²) in [6.45, 7) is 2.43. The van der Waals surface area contributed by atoms with Crippen molar-refractivity contribution in [3.63, 3.8) is 0 Å². The van der Waals surface area contributed by atoms with Crippen LogP contribution in [0.1, 0.15) is 33.1 Å². The van der Waals surface area contributed by atoms with Crippen LogP contribution in [0, 0.1) is 0 Å². The fourth-order valence-electron chi connectivity index (χ4n) is 2.18. The van der Waals surface area contributed by atoms with Crippen molar-refractivity contribution in [3.05, 3.63) is 0 Å². The second-order valence-electron chi connectivity index (χ2n) is 6.64. The summed E-state index contributed by atoms with van der Waals surface area (Å²) in [5.74, 6) is -5.77. The Hall–Kier alpha value is -3.26. The minimum Gasteiger partial charge on any atom is -0.480 e. The lowest BCUT2D eigenvalue weighted by atomic mass is 10.1. The number of aliphatic hydroxyl groups is 1. The first-order valence-corrected chi connectivity index (χ1v) is 8.90. The summed E-state index contributed by atoms with van der Waals surface area (Å²) >= 11 is 0. The molecule has 0 saturated carbocycles. The van der Waals surface area contributed by atoms with Gasteiger partial charge >= 0.3 is 5.97 Å². The van der Waals surface area contributed by atoms with Gasteiger partial charge in [0.1, 0.15) is 18.1 Å². The van der Waals surface area contributed by atoms with Gasteiger partial charge in [-0.3, -0.25) is 24.0 Å². The van der Waals surface area contributed by atoms with Gasteiger partial charge in [0, 0.05) is 6.42 Å². The van der Waals surface area contributed by atoms with Gasteiger partial charge in [-0.2, -0.15) is 0 Å². The molecule has 0 fully saturated rings. The maximum absolute atomic E-state index is 12.3. The van der Waals surface area contributed by atoms with Crippen LogP contribution in [-0.2, 0) is 28.8 Å². The van der Waals surface area contributed by atoms with Crippen molar-refractivity contribution in [2.45, 2.75) is 63.4 Å². The van der Waals surface area contributed by atoms with Crippen LogP contribution in [0.25, 0.3) is 0 Å². The molecule has 0 spiro atoms. The zero-order valence-corrected chi connectivity index (χ0v) is 16.6. The zero-order chi connectivity index (χ0) is 23.6. The standard InChI is InChI=1S/C16H28N6O8/c1-6(13(26)21-9(16(29)30)3-4-10(18)24)20-15(28)12(7(2)23)22-14(27)8(17)5-11(19)25/h6-9,12,23H,3-5,17H2,1-2H3,(H2,18,24)(H2,19,25)(H,20,28)(H,21,26)(H,22,27)(H,29,30). The molecule has 0 aliphatic carbocycles. The van der Waals surface area contributed by atoms with E-state index in [1.165, 1.54) is 13.8 Å². The van der Waals surface area contributed by atoms with E-state index in [0.29, 0.717) is 0 Å². The molecule has 30 heavy (non-hydrogen) atoms. The van der Waals surface area contributed by atoms with E-state index in [-0.39, 0.29) is 12.8 Å². The highest BCUT2D eigenvalue weighted by Crippen LogP contribution is 2.00. The van der Waals surface area contributed by atoms with Crippen molar-refractivity contribution >= 4 is 35.5 Å². The fraction of sp³-hybridized carbons (Fsp3) is 0.625. The fourth-order valence-corrected chi connectivity index (χ4v) is 2.18. The monoisotopic (exact) mass is 432 g/mol. The number of primary amides is 2. The highest BCUT2D eigenvalue weighted by Gasteiger charge is 2.31. The summed E-state index contributed by atoms with van der Waals surface area (Å²) in [7, 11) is 0. The number of aliphatic carboxylic acids is 1. The quantitative estimate of drug-likeness (QED) is 0.139. The molecule has 170 valence electrons. The van der Waals surface area contributed by atoms with Crippen molar-refractivity contribution < 1.29 is 39.0 Å². The van der Waals surface area contributed by atoms with Gasteiger partial charge in [0.05, 0.1) is 18.6 Å². The lowest BCUT2D eigenvalue weighted by Gasteiger charge is -2.24. The summed E-state index contributed by atoms with van der Waals surface area (Å²) in [6, 6.07) is -5.54. The molecule has 11 N–H and O–H groups in total. The van der Waals surface area contributed by atoms with Crippen LogP contribution in [0.2, 0.25) is 0 Å². The van der Waals surface area contributed by atoms with Gasteiger partial charge in [-0.1, -0.05) is 0 Å². The number of rotatable bonds is 13. The molecule has 5 unspecified atom stereocenters. The number of carboxylic acid groups (broad SMARTS) is 1. The van der Waals surface area contributed by atoms with Crippen LogP contribution in [0.4, 0.5) is 0 Å². The molecule has 0 aliphatic rings. The van der Waals surface area contributed by atoms with Crippen LogP contribution in [0.15, 0.2) is 0 Å². The normalized spacial score (nSPS) is 15.6. The number of carbonyl (C=O) groups is 6. The van der Waals surface area contributed by atoms with E-state index in [4.69, 9.17) is 22.3 Å². The molecule has 0 radical (unpaired) electrons. The summed E-state index contributed by atoms with van der Waals surface area (Å²) < 4.78 is 0. The first-order valence-electron chi connectivity index (χ1n) is 8.90. The third-order valence-electron chi connectivity index (χ3n) is 3.87. The molecule has 0 aromatic rings. The van der Waals surface area contributed by atoms with E-state index in [0.717, 1.165) is 0 Å². The maximum Gasteiger partial charge on any atom is 0.326 e. The van der Waals surface area contributed by atoms with Gasteiger partial charge in [-0.05, 0) is 20.3 Å². The lowest BCUT2D eigenvalue weighted by Crippen LogP contribution is -2.59. The molecule has 0 heterocycles. The highest BCUT2D eigenvalue weighted by atomic mass is 16.4. The van der Waals surface area contributed by atoms with Gasteiger partial charge in [-0.15, -0.1) is 0 Å². The Morgan fingerprint density at radius 2 is 1.43 bits per heavy atom. The van der Waals surface area contributed by atoms with Crippen molar-refractivity contribution in [1.82, 2.24) is 16.0 Å².